The van der Waals surface area contributed by atoms with Crippen LogP contribution in [0.25, 0.3) is 23.3 Å². The fourth-order valence-corrected chi connectivity index (χ4v) is 9.04. The third-order valence-electron chi connectivity index (χ3n) is 9.14. The Labute approximate surface area is 307 Å². The lowest BCUT2D eigenvalue weighted by molar-refractivity contribution is 0.474. The zero-order valence-corrected chi connectivity index (χ0v) is 30.2. The van der Waals surface area contributed by atoms with Crippen LogP contribution in [0.3, 0.4) is 0 Å². The average molecular weight is 747 g/mol. The molecule has 0 saturated heterocycles. The molecule has 0 atom stereocenters. The quantitative estimate of drug-likeness (QED) is 0.130. The maximum atomic E-state index is 14.6. The van der Waals surface area contributed by atoms with E-state index in [0.29, 0.717) is 11.1 Å². The van der Waals surface area contributed by atoms with E-state index in [1.54, 1.807) is 62.4 Å². The molecule has 0 saturated carbocycles. The standard InChI is InChI=1S/C43H32F2O6S2/c1-3-13-29-27-31(23-25-39(29)50-52(46,47)41-21-11-9-19-37(41)44)43(35-17-7-5-15-33(35)34-16-6-8-18-36(34)43)32-24-26-40(30(28-32)14-4-2)51-53(48,49)42-22-12-10-20-38(42)45/h3-28H,1-2H3. The third kappa shape index (κ3) is 6.23. The summed E-state index contributed by atoms with van der Waals surface area (Å²) in [5.41, 5.74) is 5.16. The van der Waals surface area contributed by atoms with Crippen molar-refractivity contribution in [1.82, 2.24) is 0 Å². The van der Waals surface area contributed by atoms with E-state index in [1.807, 2.05) is 60.7 Å². The molecule has 0 heterocycles. The highest BCUT2D eigenvalue weighted by atomic mass is 32.2. The van der Waals surface area contributed by atoms with Gasteiger partial charge in [0, 0.05) is 11.1 Å². The van der Waals surface area contributed by atoms with Crippen LogP contribution in [0, 0.1) is 11.6 Å². The molecule has 0 unspecified atom stereocenters. The molecule has 1 aliphatic carbocycles. The number of hydrogen-bond acceptors (Lipinski definition) is 6. The first-order valence-electron chi connectivity index (χ1n) is 16.6. The van der Waals surface area contributed by atoms with Crippen molar-refractivity contribution in [3.05, 3.63) is 191 Å². The Morgan fingerprint density at radius 1 is 0.509 bits per heavy atom. The summed E-state index contributed by atoms with van der Waals surface area (Å²) >= 11 is 0. The lowest BCUT2D eigenvalue weighted by atomic mass is 9.67. The molecule has 6 nitrogen and oxygen atoms in total. The van der Waals surface area contributed by atoms with E-state index in [4.69, 9.17) is 8.37 Å². The van der Waals surface area contributed by atoms with Gasteiger partial charge in [0.2, 0.25) is 0 Å². The Balaban J connectivity index is 1.45. The summed E-state index contributed by atoms with van der Waals surface area (Å²) in [5.74, 6) is -1.86. The Morgan fingerprint density at radius 3 is 1.28 bits per heavy atom. The molecule has 0 amide bonds. The molecule has 6 aromatic carbocycles. The molecular formula is C43H32F2O6S2. The van der Waals surface area contributed by atoms with Crippen LogP contribution in [-0.2, 0) is 25.7 Å². The van der Waals surface area contributed by atoms with E-state index in [1.165, 1.54) is 24.3 Å². The van der Waals surface area contributed by atoms with Gasteiger partial charge in [-0.3, -0.25) is 0 Å². The highest BCUT2D eigenvalue weighted by Crippen LogP contribution is 2.57. The molecule has 53 heavy (non-hydrogen) atoms. The van der Waals surface area contributed by atoms with Crippen molar-refractivity contribution < 1.29 is 34.0 Å². The Hall–Kier alpha value is -5.84. The summed E-state index contributed by atoms with van der Waals surface area (Å²) in [6.45, 7) is 3.57. The van der Waals surface area contributed by atoms with Crippen molar-refractivity contribution in [3.63, 3.8) is 0 Å². The SMILES string of the molecule is CC=Cc1cc(C2(c3ccc(OS(=O)(=O)c4ccccc4F)c(C=CC)c3)c3ccccc3-c3ccccc32)ccc1OS(=O)(=O)c1ccccc1F. The van der Waals surface area contributed by atoms with Crippen molar-refractivity contribution in [2.24, 2.45) is 0 Å². The molecule has 0 radical (unpaired) electrons. The van der Waals surface area contributed by atoms with Crippen molar-refractivity contribution in [1.29, 1.82) is 0 Å². The maximum Gasteiger partial charge on any atom is 0.342 e. The fraction of sp³-hybridized carbons (Fsp3) is 0.0698. The van der Waals surface area contributed by atoms with E-state index < -0.39 is 47.1 Å². The monoisotopic (exact) mass is 746 g/mol. The summed E-state index contributed by atoms with van der Waals surface area (Å²) in [4.78, 5) is -1.16. The number of halogens is 2. The Bertz CT molecular complexity index is 2480. The smallest absolute Gasteiger partial charge is 0.342 e. The molecule has 7 rings (SSSR count). The summed E-state index contributed by atoms with van der Waals surface area (Å²) in [5, 5.41) is 0. The van der Waals surface area contributed by atoms with Crippen LogP contribution in [0.1, 0.15) is 47.2 Å². The van der Waals surface area contributed by atoms with E-state index in [0.717, 1.165) is 57.6 Å². The topological polar surface area (TPSA) is 86.7 Å². The fourth-order valence-electron chi connectivity index (χ4n) is 6.98. The summed E-state index contributed by atoms with van der Waals surface area (Å²) < 4.78 is 93.6. The first-order chi connectivity index (χ1) is 25.5. The van der Waals surface area contributed by atoms with Gasteiger partial charge in [-0.2, -0.15) is 16.8 Å². The van der Waals surface area contributed by atoms with Gasteiger partial charge in [-0.1, -0.05) is 109 Å². The second-order valence-electron chi connectivity index (χ2n) is 12.3. The predicted octanol–water partition coefficient (Wildman–Crippen LogP) is 9.93. The normalized spacial score (nSPS) is 13.6. The number of rotatable bonds is 10. The van der Waals surface area contributed by atoms with Crippen molar-refractivity contribution >= 4 is 32.4 Å². The molecule has 6 aromatic rings. The van der Waals surface area contributed by atoms with Crippen molar-refractivity contribution in [2.45, 2.75) is 29.1 Å². The van der Waals surface area contributed by atoms with E-state index in [9.17, 15) is 25.6 Å². The Kier molecular flexibility index (Phi) is 9.36. The first-order valence-corrected chi connectivity index (χ1v) is 19.4. The first kappa shape index (κ1) is 35.6. The number of benzene rings is 6. The van der Waals surface area contributed by atoms with Crippen LogP contribution in [0.2, 0.25) is 0 Å². The Morgan fingerprint density at radius 2 is 0.887 bits per heavy atom. The minimum absolute atomic E-state index is 0.00141. The number of allylic oxidation sites excluding steroid dienone is 2. The molecule has 0 spiro atoms. The van der Waals surface area contributed by atoms with Gasteiger partial charge in [0.05, 0.1) is 5.41 Å². The number of hydrogen-bond donors (Lipinski definition) is 0. The van der Waals surface area contributed by atoms with Crippen LogP contribution >= 0.6 is 0 Å². The minimum atomic E-state index is -4.54. The van der Waals surface area contributed by atoms with E-state index >= 15 is 0 Å². The van der Waals surface area contributed by atoms with Gasteiger partial charge in [-0.15, -0.1) is 0 Å². The van der Waals surface area contributed by atoms with Gasteiger partial charge in [0.15, 0.2) is 0 Å². The summed E-state index contributed by atoms with van der Waals surface area (Å²) in [7, 11) is -9.08. The highest BCUT2D eigenvalue weighted by Gasteiger charge is 2.46. The number of fused-ring (bicyclic) bond motifs is 3. The average Bonchev–Trinajstić information content (AvgIpc) is 3.44. The van der Waals surface area contributed by atoms with Crippen LogP contribution in [0.4, 0.5) is 8.78 Å². The zero-order chi connectivity index (χ0) is 37.4. The van der Waals surface area contributed by atoms with Gasteiger partial charge in [0.25, 0.3) is 0 Å². The molecule has 0 fully saturated rings. The maximum absolute atomic E-state index is 14.6. The van der Waals surface area contributed by atoms with Crippen LogP contribution in [0.5, 0.6) is 11.5 Å². The molecule has 0 N–H and O–H groups in total. The van der Waals surface area contributed by atoms with E-state index in [2.05, 4.69) is 0 Å². The van der Waals surface area contributed by atoms with Gasteiger partial charge < -0.3 is 8.37 Å². The van der Waals surface area contributed by atoms with Crippen LogP contribution in [-0.4, -0.2) is 16.8 Å². The van der Waals surface area contributed by atoms with Crippen molar-refractivity contribution in [2.75, 3.05) is 0 Å². The highest BCUT2D eigenvalue weighted by molar-refractivity contribution is 7.87. The third-order valence-corrected chi connectivity index (χ3v) is 11.7. The second-order valence-corrected chi connectivity index (χ2v) is 15.3. The van der Waals surface area contributed by atoms with Gasteiger partial charge in [0.1, 0.15) is 32.9 Å². The largest absolute Gasteiger partial charge is 0.378 e. The van der Waals surface area contributed by atoms with Gasteiger partial charge >= 0.3 is 20.2 Å². The van der Waals surface area contributed by atoms with Gasteiger partial charge in [-0.05, 0) is 95.8 Å². The second kappa shape index (κ2) is 13.9. The molecular weight excluding hydrogens is 715 g/mol. The van der Waals surface area contributed by atoms with E-state index in [-0.39, 0.29) is 11.5 Å². The lowest BCUT2D eigenvalue weighted by Gasteiger charge is -2.34. The molecule has 0 aliphatic heterocycles. The molecule has 0 aromatic heterocycles. The molecule has 10 heteroatoms. The van der Waals surface area contributed by atoms with Crippen LogP contribution in [0.15, 0.2) is 155 Å². The minimum Gasteiger partial charge on any atom is -0.378 e. The molecule has 1 aliphatic rings. The molecule has 266 valence electrons. The van der Waals surface area contributed by atoms with Crippen LogP contribution < -0.4 is 8.37 Å². The summed E-state index contributed by atoms with van der Waals surface area (Å²) in [6.07, 6.45) is 6.92. The lowest BCUT2D eigenvalue weighted by Crippen LogP contribution is -2.29. The molecule has 0 bridgehead atoms. The van der Waals surface area contributed by atoms with Crippen molar-refractivity contribution in [3.8, 4) is 22.6 Å². The zero-order valence-electron chi connectivity index (χ0n) is 28.5. The van der Waals surface area contributed by atoms with Gasteiger partial charge in [-0.25, -0.2) is 8.78 Å². The summed E-state index contributed by atoms with van der Waals surface area (Å²) in [6, 6.07) is 36.3. The predicted molar refractivity (Wildman–Crippen MR) is 202 cm³/mol.